The summed E-state index contributed by atoms with van der Waals surface area (Å²) >= 11 is 0. The van der Waals surface area contributed by atoms with Gasteiger partial charge in [0.05, 0.1) is 0 Å². The average molecular weight is 281 g/mol. The Hall–Kier alpha value is -0.120. The van der Waals surface area contributed by atoms with Crippen molar-refractivity contribution in [2.24, 2.45) is 23.6 Å². The van der Waals surface area contributed by atoms with Crippen LogP contribution in [-0.2, 0) is 0 Å². The molecule has 0 spiro atoms. The molecule has 4 unspecified atom stereocenters. The number of hydrogen-bond acceptors (Lipinski definition) is 3. The van der Waals surface area contributed by atoms with E-state index >= 15 is 0 Å². The molecule has 20 heavy (non-hydrogen) atoms. The summed E-state index contributed by atoms with van der Waals surface area (Å²) < 4.78 is 0. The lowest BCUT2D eigenvalue weighted by molar-refractivity contribution is 0.0332. The number of hydrogen-bond donors (Lipinski definition) is 2. The molecule has 1 saturated heterocycles. The van der Waals surface area contributed by atoms with Gasteiger partial charge in [-0.2, -0.15) is 0 Å². The van der Waals surface area contributed by atoms with E-state index in [4.69, 9.17) is 5.84 Å². The first-order chi connectivity index (χ1) is 9.51. The van der Waals surface area contributed by atoms with Crippen molar-refractivity contribution in [2.45, 2.75) is 77.8 Å². The molecule has 1 saturated carbocycles. The van der Waals surface area contributed by atoms with Crippen LogP contribution < -0.4 is 11.3 Å². The van der Waals surface area contributed by atoms with Crippen LogP contribution in [0.1, 0.15) is 66.2 Å². The van der Waals surface area contributed by atoms with Gasteiger partial charge in [0.15, 0.2) is 0 Å². The summed E-state index contributed by atoms with van der Waals surface area (Å²) in [5.74, 6) is 8.47. The minimum absolute atomic E-state index is 0.215. The third-order valence-electron chi connectivity index (χ3n) is 6.08. The van der Waals surface area contributed by atoms with Gasteiger partial charge in [0.1, 0.15) is 0 Å². The molecular weight excluding hydrogens is 246 g/mol. The molecule has 2 fully saturated rings. The molecule has 1 aliphatic heterocycles. The lowest BCUT2D eigenvalue weighted by Crippen LogP contribution is -2.63. The highest BCUT2D eigenvalue weighted by Gasteiger charge is 2.44. The van der Waals surface area contributed by atoms with E-state index in [1.807, 2.05) is 0 Å². The second-order valence-electron chi connectivity index (χ2n) is 7.73. The van der Waals surface area contributed by atoms with E-state index in [1.165, 1.54) is 51.6 Å². The monoisotopic (exact) mass is 281 g/mol. The third kappa shape index (κ3) is 3.20. The van der Waals surface area contributed by atoms with Crippen LogP contribution in [0.3, 0.4) is 0 Å². The maximum Gasteiger partial charge on any atom is 0.0420 e. The molecule has 0 amide bonds. The standard InChI is InChI=1S/C17H35N3/c1-5-17(4,20-8-6-7-9-20)16(19-18)15-11-13(2)10-14(3)12-15/h13-16,19H,5-12,18H2,1-4H3. The molecule has 3 N–H and O–H groups in total. The van der Waals surface area contributed by atoms with Gasteiger partial charge < -0.3 is 0 Å². The Morgan fingerprint density at radius 3 is 2.15 bits per heavy atom. The quantitative estimate of drug-likeness (QED) is 0.601. The molecule has 0 aromatic carbocycles. The van der Waals surface area contributed by atoms with Crippen LogP contribution in [0.2, 0.25) is 0 Å². The molecule has 2 rings (SSSR count). The number of rotatable bonds is 5. The Labute approximate surface area is 125 Å². The maximum atomic E-state index is 6.05. The SMILES string of the molecule is CCC(C)(C(NN)C1CC(C)CC(C)C1)N1CCCC1. The molecule has 3 heteroatoms. The van der Waals surface area contributed by atoms with Gasteiger partial charge >= 0.3 is 0 Å². The normalized spacial score (nSPS) is 36.8. The van der Waals surface area contributed by atoms with Crippen LogP contribution >= 0.6 is 0 Å². The predicted octanol–water partition coefficient (Wildman–Crippen LogP) is 3.16. The van der Waals surface area contributed by atoms with E-state index in [1.54, 1.807) is 0 Å². The Kier molecular flexibility index (Phi) is 5.49. The van der Waals surface area contributed by atoms with Gasteiger partial charge in [0, 0.05) is 11.6 Å². The Balaban J connectivity index is 2.15. The summed E-state index contributed by atoms with van der Waals surface area (Å²) in [5, 5.41) is 0. The van der Waals surface area contributed by atoms with Gasteiger partial charge in [0.25, 0.3) is 0 Å². The van der Waals surface area contributed by atoms with Crippen LogP contribution in [0.15, 0.2) is 0 Å². The number of likely N-dealkylation sites (tertiary alicyclic amines) is 1. The molecule has 0 aromatic heterocycles. The smallest absolute Gasteiger partial charge is 0.0420 e. The van der Waals surface area contributed by atoms with Gasteiger partial charge in [-0.15, -0.1) is 0 Å². The van der Waals surface area contributed by atoms with Crippen molar-refractivity contribution in [3.05, 3.63) is 0 Å². The summed E-state index contributed by atoms with van der Waals surface area (Å²) in [6, 6.07) is 0.427. The van der Waals surface area contributed by atoms with Crippen molar-refractivity contribution in [3.8, 4) is 0 Å². The molecule has 0 radical (unpaired) electrons. The van der Waals surface area contributed by atoms with Crippen LogP contribution in [0, 0.1) is 17.8 Å². The van der Waals surface area contributed by atoms with E-state index in [9.17, 15) is 0 Å². The number of nitrogens with two attached hydrogens (primary N) is 1. The molecule has 0 aromatic rings. The van der Waals surface area contributed by atoms with Crippen molar-refractivity contribution in [1.82, 2.24) is 10.3 Å². The van der Waals surface area contributed by atoms with Crippen molar-refractivity contribution in [1.29, 1.82) is 0 Å². The van der Waals surface area contributed by atoms with E-state index in [2.05, 4.69) is 38.0 Å². The van der Waals surface area contributed by atoms with Crippen molar-refractivity contribution in [2.75, 3.05) is 13.1 Å². The van der Waals surface area contributed by atoms with E-state index < -0.39 is 0 Å². The number of nitrogens with zero attached hydrogens (tertiary/aromatic N) is 1. The Morgan fingerprint density at radius 1 is 1.15 bits per heavy atom. The minimum Gasteiger partial charge on any atom is -0.296 e. The average Bonchev–Trinajstić information content (AvgIpc) is 2.92. The predicted molar refractivity (Wildman–Crippen MR) is 86.3 cm³/mol. The highest BCUT2D eigenvalue weighted by molar-refractivity contribution is 5.01. The van der Waals surface area contributed by atoms with Crippen LogP contribution in [0.4, 0.5) is 0 Å². The fourth-order valence-corrected chi connectivity index (χ4v) is 4.97. The van der Waals surface area contributed by atoms with Crippen LogP contribution in [0.5, 0.6) is 0 Å². The summed E-state index contributed by atoms with van der Waals surface area (Å²) in [5.41, 5.74) is 3.45. The van der Waals surface area contributed by atoms with Gasteiger partial charge in [0.2, 0.25) is 0 Å². The van der Waals surface area contributed by atoms with Gasteiger partial charge in [-0.3, -0.25) is 16.2 Å². The fourth-order valence-electron chi connectivity index (χ4n) is 4.97. The molecule has 118 valence electrons. The fraction of sp³-hybridized carbons (Fsp3) is 1.00. The second-order valence-corrected chi connectivity index (χ2v) is 7.73. The zero-order chi connectivity index (χ0) is 14.8. The molecule has 3 nitrogen and oxygen atoms in total. The molecule has 1 aliphatic carbocycles. The summed E-state index contributed by atoms with van der Waals surface area (Å²) in [6.07, 6.45) is 7.95. The van der Waals surface area contributed by atoms with Gasteiger partial charge in [-0.05, 0) is 76.3 Å². The van der Waals surface area contributed by atoms with Crippen LogP contribution in [0.25, 0.3) is 0 Å². The molecule has 1 heterocycles. The highest BCUT2D eigenvalue weighted by Crippen LogP contribution is 2.40. The zero-order valence-electron chi connectivity index (χ0n) is 14.0. The molecular formula is C17H35N3. The second kappa shape index (κ2) is 6.76. The van der Waals surface area contributed by atoms with Crippen molar-refractivity contribution >= 4 is 0 Å². The summed E-state index contributed by atoms with van der Waals surface area (Å²) in [6.45, 7) is 12.1. The van der Waals surface area contributed by atoms with E-state index in [0.29, 0.717) is 6.04 Å². The first-order valence-electron chi connectivity index (χ1n) is 8.72. The highest BCUT2D eigenvalue weighted by atomic mass is 15.3. The molecule has 4 atom stereocenters. The first kappa shape index (κ1) is 16.3. The Morgan fingerprint density at radius 2 is 1.70 bits per heavy atom. The lowest BCUT2D eigenvalue weighted by Gasteiger charge is -2.49. The van der Waals surface area contributed by atoms with E-state index in [0.717, 1.165) is 17.8 Å². The Bertz CT molecular complexity index is 291. The van der Waals surface area contributed by atoms with E-state index in [-0.39, 0.29) is 5.54 Å². The van der Waals surface area contributed by atoms with Crippen molar-refractivity contribution < 1.29 is 0 Å². The summed E-state index contributed by atoms with van der Waals surface area (Å²) in [7, 11) is 0. The van der Waals surface area contributed by atoms with Crippen LogP contribution in [-0.4, -0.2) is 29.6 Å². The molecule has 2 aliphatic rings. The maximum absolute atomic E-state index is 6.05. The number of hydrazine groups is 1. The largest absolute Gasteiger partial charge is 0.296 e. The number of nitrogens with one attached hydrogen (secondary N) is 1. The lowest BCUT2D eigenvalue weighted by atomic mass is 9.68. The van der Waals surface area contributed by atoms with Gasteiger partial charge in [-0.25, -0.2) is 0 Å². The zero-order valence-corrected chi connectivity index (χ0v) is 14.0. The summed E-state index contributed by atoms with van der Waals surface area (Å²) in [4.78, 5) is 2.70. The molecule has 0 bridgehead atoms. The third-order valence-corrected chi connectivity index (χ3v) is 6.08. The van der Waals surface area contributed by atoms with Gasteiger partial charge in [-0.1, -0.05) is 20.8 Å². The topological polar surface area (TPSA) is 41.3 Å². The first-order valence-corrected chi connectivity index (χ1v) is 8.72. The van der Waals surface area contributed by atoms with Crippen molar-refractivity contribution in [3.63, 3.8) is 0 Å². The minimum atomic E-state index is 0.215.